The molecule has 1 atom stereocenters. The molecule has 1 aliphatic rings. The zero-order valence-electron chi connectivity index (χ0n) is 14.9. The predicted molar refractivity (Wildman–Crippen MR) is 94.7 cm³/mol. The minimum atomic E-state index is 0.245. The van der Waals surface area contributed by atoms with Gasteiger partial charge in [0.15, 0.2) is 5.65 Å². The smallest absolute Gasteiger partial charge is 0.223 e. The highest BCUT2D eigenvalue weighted by atomic mass is 16.2. The van der Waals surface area contributed by atoms with Crippen molar-refractivity contribution in [2.45, 2.75) is 38.1 Å². The fraction of sp³-hybridized carbons (Fsp3) is 0.611. The van der Waals surface area contributed by atoms with E-state index in [1.165, 1.54) is 6.42 Å². The number of rotatable bonds is 4. The molecule has 2 aromatic heterocycles. The summed E-state index contributed by atoms with van der Waals surface area (Å²) in [6.45, 7) is 1.75. The lowest BCUT2D eigenvalue weighted by Crippen LogP contribution is -2.34. The van der Waals surface area contributed by atoms with E-state index in [4.69, 9.17) is 0 Å². The molecule has 0 aliphatic carbocycles. The molecule has 0 aromatic carbocycles. The first-order chi connectivity index (χ1) is 11.6. The molecular formula is C18H27N5O. The molecule has 3 heterocycles. The number of amides is 1. The molecule has 6 nitrogen and oxygen atoms in total. The first-order valence-electron chi connectivity index (χ1n) is 8.77. The fourth-order valence-corrected chi connectivity index (χ4v) is 3.52. The van der Waals surface area contributed by atoms with Crippen LogP contribution in [0.5, 0.6) is 0 Å². The Morgan fingerprint density at radius 3 is 2.92 bits per heavy atom. The van der Waals surface area contributed by atoms with Crippen LogP contribution in [-0.2, 0) is 18.3 Å². The van der Waals surface area contributed by atoms with E-state index in [9.17, 15) is 4.79 Å². The molecule has 1 aliphatic heterocycles. The van der Waals surface area contributed by atoms with Gasteiger partial charge < -0.3 is 14.4 Å². The van der Waals surface area contributed by atoms with Crippen molar-refractivity contribution in [1.82, 2.24) is 24.3 Å². The maximum atomic E-state index is 12.6. The van der Waals surface area contributed by atoms with Gasteiger partial charge in [0, 0.05) is 45.2 Å². The van der Waals surface area contributed by atoms with Crippen LogP contribution in [0.3, 0.4) is 0 Å². The Kier molecular flexibility index (Phi) is 5.14. The van der Waals surface area contributed by atoms with Crippen LogP contribution in [0.2, 0.25) is 0 Å². The summed E-state index contributed by atoms with van der Waals surface area (Å²) >= 11 is 0. The largest absolute Gasteiger partial charge is 0.343 e. The Labute approximate surface area is 143 Å². The first-order valence-corrected chi connectivity index (χ1v) is 8.77. The highest BCUT2D eigenvalue weighted by Crippen LogP contribution is 2.17. The summed E-state index contributed by atoms with van der Waals surface area (Å²) < 4.78 is 1.99. The van der Waals surface area contributed by atoms with Crippen LogP contribution in [-0.4, -0.2) is 63.5 Å². The number of aromatic nitrogens is 3. The lowest BCUT2D eigenvalue weighted by molar-refractivity contribution is -0.131. The highest BCUT2D eigenvalue weighted by molar-refractivity contribution is 5.77. The van der Waals surface area contributed by atoms with Crippen LogP contribution < -0.4 is 0 Å². The van der Waals surface area contributed by atoms with Crippen molar-refractivity contribution >= 4 is 17.1 Å². The number of pyridine rings is 1. The van der Waals surface area contributed by atoms with Crippen molar-refractivity contribution in [3.8, 4) is 0 Å². The first kappa shape index (κ1) is 16.9. The topological polar surface area (TPSA) is 54.3 Å². The number of hydrogen-bond acceptors (Lipinski definition) is 4. The van der Waals surface area contributed by atoms with Crippen LogP contribution in [0, 0.1) is 0 Å². The standard InChI is InChI=1S/C18H27N5O/c1-21(2)14-6-5-12-23(13-10-14)17(24)9-8-16-20-15-7-4-11-19-18(15)22(16)3/h4,7,11,14H,5-6,8-10,12-13H2,1-3H3/t14-/m1/s1. The molecule has 1 amide bonds. The average molecular weight is 329 g/mol. The van der Waals surface area contributed by atoms with Gasteiger partial charge in [-0.05, 0) is 45.5 Å². The number of aryl methyl sites for hydroxylation is 2. The van der Waals surface area contributed by atoms with E-state index in [0.29, 0.717) is 18.9 Å². The van der Waals surface area contributed by atoms with E-state index in [2.05, 4.69) is 29.0 Å². The normalized spacial score (nSPS) is 19.0. The molecule has 24 heavy (non-hydrogen) atoms. The second-order valence-corrected chi connectivity index (χ2v) is 6.86. The minimum absolute atomic E-state index is 0.245. The third-order valence-electron chi connectivity index (χ3n) is 5.06. The predicted octanol–water partition coefficient (Wildman–Crippen LogP) is 1.84. The fourth-order valence-electron chi connectivity index (χ4n) is 3.52. The van der Waals surface area contributed by atoms with Gasteiger partial charge in [-0.15, -0.1) is 0 Å². The zero-order valence-corrected chi connectivity index (χ0v) is 14.9. The molecule has 1 fully saturated rings. The van der Waals surface area contributed by atoms with Crippen molar-refractivity contribution < 1.29 is 4.79 Å². The number of fused-ring (bicyclic) bond motifs is 1. The maximum Gasteiger partial charge on any atom is 0.223 e. The molecule has 0 bridgehead atoms. The molecule has 1 saturated heterocycles. The van der Waals surface area contributed by atoms with E-state index in [1.807, 2.05) is 28.6 Å². The van der Waals surface area contributed by atoms with Crippen molar-refractivity contribution in [2.24, 2.45) is 7.05 Å². The monoisotopic (exact) mass is 329 g/mol. The summed E-state index contributed by atoms with van der Waals surface area (Å²) in [6, 6.07) is 4.45. The molecule has 130 valence electrons. The van der Waals surface area contributed by atoms with Crippen LogP contribution in [0.1, 0.15) is 31.5 Å². The van der Waals surface area contributed by atoms with Crippen molar-refractivity contribution in [3.05, 3.63) is 24.2 Å². The van der Waals surface area contributed by atoms with Gasteiger partial charge in [-0.2, -0.15) is 0 Å². The molecule has 2 aromatic rings. The van der Waals surface area contributed by atoms with E-state index in [1.54, 1.807) is 6.20 Å². The second kappa shape index (κ2) is 7.30. The summed E-state index contributed by atoms with van der Waals surface area (Å²) in [5, 5.41) is 0. The molecule has 0 radical (unpaired) electrons. The van der Waals surface area contributed by atoms with Crippen molar-refractivity contribution in [2.75, 3.05) is 27.2 Å². The number of nitrogens with zero attached hydrogens (tertiary/aromatic N) is 5. The van der Waals surface area contributed by atoms with Gasteiger partial charge in [-0.3, -0.25) is 4.79 Å². The Bertz CT molecular complexity index is 708. The molecule has 6 heteroatoms. The van der Waals surface area contributed by atoms with Gasteiger partial charge in [0.25, 0.3) is 0 Å². The Morgan fingerprint density at radius 2 is 2.17 bits per heavy atom. The Morgan fingerprint density at radius 1 is 1.33 bits per heavy atom. The minimum Gasteiger partial charge on any atom is -0.343 e. The molecule has 0 unspecified atom stereocenters. The van der Waals surface area contributed by atoms with Gasteiger partial charge in [0.05, 0.1) is 0 Å². The number of hydrogen-bond donors (Lipinski definition) is 0. The van der Waals surface area contributed by atoms with Crippen LogP contribution in [0.15, 0.2) is 18.3 Å². The molecule has 3 rings (SSSR count). The van der Waals surface area contributed by atoms with E-state index < -0.39 is 0 Å². The number of imidazole rings is 1. The Hall–Kier alpha value is -1.95. The summed E-state index contributed by atoms with van der Waals surface area (Å²) in [4.78, 5) is 25.9. The number of likely N-dealkylation sites (tertiary alicyclic amines) is 1. The summed E-state index contributed by atoms with van der Waals surface area (Å²) in [6.07, 6.45) is 6.29. The van der Waals surface area contributed by atoms with Crippen LogP contribution >= 0.6 is 0 Å². The van der Waals surface area contributed by atoms with E-state index in [-0.39, 0.29) is 5.91 Å². The van der Waals surface area contributed by atoms with Gasteiger partial charge >= 0.3 is 0 Å². The second-order valence-electron chi connectivity index (χ2n) is 6.86. The molecule has 0 spiro atoms. The average Bonchev–Trinajstić information content (AvgIpc) is 2.76. The third-order valence-corrected chi connectivity index (χ3v) is 5.06. The van der Waals surface area contributed by atoms with E-state index in [0.717, 1.165) is 42.9 Å². The van der Waals surface area contributed by atoms with Crippen molar-refractivity contribution in [1.29, 1.82) is 0 Å². The SMILES string of the molecule is CN(C)[C@@H]1CCCN(C(=O)CCc2nc3cccnc3n2C)CC1. The van der Waals surface area contributed by atoms with E-state index >= 15 is 0 Å². The van der Waals surface area contributed by atoms with Crippen LogP contribution in [0.25, 0.3) is 11.2 Å². The summed E-state index contributed by atoms with van der Waals surface area (Å²) in [5.74, 6) is 1.17. The summed E-state index contributed by atoms with van der Waals surface area (Å²) in [7, 11) is 6.22. The lowest BCUT2D eigenvalue weighted by atomic mass is 10.1. The third kappa shape index (κ3) is 3.59. The Balaban J connectivity index is 1.59. The number of carbonyl (C=O) groups is 1. The van der Waals surface area contributed by atoms with Gasteiger partial charge in [-0.1, -0.05) is 0 Å². The molecule has 0 N–H and O–H groups in total. The molecule has 0 saturated carbocycles. The summed E-state index contributed by atoms with van der Waals surface area (Å²) in [5.41, 5.74) is 1.77. The van der Waals surface area contributed by atoms with Crippen LogP contribution in [0.4, 0.5) is 0 Å². The van der Waals surface area contributed by atoms with Gasteiger partial charge in [0.1, 0.15) is 11.3 Å². The molecular weight excluding hydrogens is 302 g/mol. The zero-order chi connectivity index (χ0) is 17.1. The quantitative estimate of drug-likeness (QED) is 0.859. The maximum absolute atomic E-state index is 12.6. The highest BCUT2D eigenvalue weighted by Gasteiger charge is 2.22. The number of carbonyl (C=O) groups excluding carboxylic acids is 1. The van der Waals surface area contributed by atoms with Gasteiger partial charge in [0.2, 0.25) is 5.91 Å². The van der Waals surface area contributed by atoms with Gasteiger partial charge in [-0.25, -0.2) is 9.97 Å². The van der Waals surface area contributed by atoms with Crippen molar-refractivity contribution in [3.63, 3.8) is 0 Å². The lowest BCUT2D eigenvalue weighted by Gasteiger charge is -2.23.